The maximum absolute atomic E-state index is 11.9. The molecule has 88 valence electrons. The SMILES string of the molecule is C=C/C=C(\C=C(C)C)C(=O)Nc1cccnc1. The summed E-state index contributed by atoms with van der Waals surface area (Å²) in [5, 5.41) is 2.77. The van der Waals surface area contributed by atoms with Crippen LogP contribution in [0.25, 0.3) is 0 Å². The van der Waals surface area contributed by atoms with Crippen molar-refractivity contribution in [3.8, 4) is 0 Å². The number of allylic oxidation sites excluding steroid dienone is 3. The van der Waals surface area contributed by atoms with E-state index in [1.165, 1.54) is 0 Å². The second-order valence-electron chi connectivity index (χ2n) is 3.78. The molecule has 0 fully saturated rings. The predicted molar refractivity (Wildman–Crippen MR) is 70.6 cm³/mol. The molecule has 0 bridgehead atoms. The fraction of sp³-hybridized carbons (Fsp3) is 0.143. The standard InChI is InChI=1S/C14H16N2O/c1-4-6-12(9-11(2)3)14(17)16-13-7-5-8-15-10-13/h4-10H,1H2,2-3H3,(H,16,17)/b12-6+. The van der Waals surface area contributed by atoms with Crippen LogP contribution in [0.3, 0.4) is 0 Å². The molecular weight excluding hydrogens is 212 g/mol. The Bertz CT molecular complexity index is 454. The molecule has 1 heterocycles. The molecule has 0 spiro atoms. The Balaban J connectivity index is 2.84. The molecule has 0 aliphatic heterocycles. The molecular formula is C14H16N2O. The predicted octanol–water partition coefficient (Wildman–Crippen LogP) is 3.10. The molecule has 1 rings (SSSR count). The average Bonchev–Trinajstić information content (AvgIpc) is 2.29. The first-order valence-electron chi connectivity index (χ1n) is 5.32. The van der Waals surface area contributed by atoms with Gasteiger partial charge in [-0.15, -0.1) is 0 Å². The van der Waals surface area contributed by atoms with Gasteiger partial charge in [0.25, 0.3) is 5.91 Å². The van der Waals surface area contributed by atoms with Crippen molar-refractivity contribution < 1.29 is 4.79 Å². The van der Waals surface area contributed by atoms with Crippen molar-refractivity contribution in [1.29, 1.82) is 0 Å². The summed E-state index contributed by atoms with van der Waals surface area (Å²) in [5.41, 5.74) is 2.30. The number of amides is 1. The fourth-order valence-electron chi connectivity index (χ4n) is 1.27. The van der Waals surface area contributed by atoms with Gasteiger partial charge in [0.05, 0.1) is 11.9 Å². The molecule has 0 saturated heterocycles. The lowest BCUT2D eigenvalue weighted by atomic mass is 10.1. The third kappa shape index (κ3) is 4.47. The van der Waals surface area contributed by atoms with Crippen LogP contribution in [0.15, 0.2) is 60.5 Å². The van der Waals surface area contributed by atoms with E-state index in [0.29, 0.717) is 11.3 Å². The van der Waals surface area contributed by atoms with Gasteiger partial charge in [-0.3, -0.25) is 9.78 Å². The lowest BCUT2D eigenvalue weighted by Gasteiger charge is -2.05. The Labute approximate surface area is 102 Å². The smallest absolute Gasteiger partial charge is 0.255 e. The number of pyridine rings is 1. The first-order chi connectivity index (χ1) is 8.13. The molecule has 1 N–H and O–H groups in total. The van der Waals surface area contributed by atoms with E-state index >= 15 is 0 Å². The number of hydrogen-bond acceptors (Lipinski definition) is 2. The van der Waals surface area contributed by atoms with E-state index in [4.69, 9.17) is 0 Å². The molecule has 0 aliphatic carbocycles. The summed E-state index contributed by atoms with van der Waals surface area (Å²) >= 11 is 0. The Morgan fingerprint density at radius 2 is 2.24 bits per heavy atom. The zero-order valence-corrected chi connectivity index (χ0v) is 10.1. The topological polar surface area (TPSA) is 42.0 Å². The van der Waals surface area contributed by atoms with Crippen LogP contribution in [-0.2, 0) is 4.79 Å². The van der Waals surface area contributed by atoms with Gasteiger partial charge in [-0.1, -0.05) is 30.4 Å². The van der Waals surface area contributed by atoms with Crippen molar-refractivity contribution in [3.05, 3.63) is 60.5 Å². The number of aromatic nitrogens is 1. The maximum atomic E-state index is 11.9. The van der Waals surface area contributed by atoms with Crippen LogP contribution in [0, 0.1) is 0 Å². The van der Waals surface area contributed by atoms with Gasteiger partial charge < -0.3 is 5.32 Å². The minimum atomic E-state index is -0.167. The quantitative estimate of drug-likeness (QED) is 0.635. The maximum Gasteiger partial charge on any atom is 0.255 e. The Morgan fingerprint density at radius 1 is 1.47 bits per heavy atom. The van der Waals surface area contributed by atoms with Crippen molar-refractivity contribution >= 4 is 11.6 Å². The number of nitrogens with one attached hydrogen (secondary N) is 1. The van der Waals surface area contributed by atoms with Crippen LogP contribution in [0.2, 0.25) is 0 Å². The minimum Gasteiger partial charge on any atom is -0.321 e. The summed E-state index contributed by atoms with van der Waals surface area (Å²) in [4.78, 5) is 15.9. The van der Waals surface area contributed by atoms with E-state index in [9.17, 15) is 4.79 Å². The Morgan fingerprint density at radius 3 is 2.76 bits per heavy atom. The van der Waals surface area contributed by atoms with Gasteiger partial charge in [0.1, 0.15) is 0 Å². The molecule has 0 radical (unpaired) electrons. The highest BCUT2D eigenvalue weighted by atomic mass is 16.1. The zero-order valence-electron chi connectivity index (χ0n) is 10.1. The molecule has 3 heteroatoms. The number of carbonyl (C=O) groups is 1. The van der Waals surface area contributed by atoms with E-state index < -0.39 is 0 Å². The van der Waals surface area contributed by atoms with Gasteiger partial charge in [-0.2, -0.15) is 0 Å². The summed E-state index contributed by atoms with van der Waals surface area (Å²) in [6.45, 7) is 7.48. The van der Waals surface area contributed by atoms with Crippen molar-refractivity contribution in [2.24, 2.45) is 0 Å². The second-order valence-corrected chi connectivity index (χ2v) is 3.78. The van der Waals surface area contributed by atoms with Gasteiger partial charge in [0.2, 0.25) is 0 Å². The van der Waals surface area contributed by atoms with Gasteiger partial charge in [0.15, 0.2) is 0 Å². The number of carbonyl (C=O) groups excluding carboxylic acids is 1. The molecule has 1 amide bonds. The molecule has 3 nitrogen and oxygen atoms in total. The van der Waals surface area contributed by atoms with Crippen LogP contribution >= 0.6 is 0 Å². The second kappa shape index (κ2) is 6.43. The first kappa shape index (κ1) is 12.9. The summed E-state index contributed by atoms with van der Waals surface area (Å²) in [6, 6.07) is 3.56. The number of anilines is 1. The van der Waals surface area contributed by atoms with Crippen molar-refractivity contribution in [3.63, 3.8) is 0 Å². The van der Waals surface area contributed by atoms with Crippen LogP contribution in [0.5, 0.6) is 0 Å². The number of hydrogen-bond donors (Lipinski definition) is 1. The third-order valence-corrected chi connectivity index (χ3v) is 1.92. The highest BCUT2D eigenvalue weighted by molar-refractivity contribution is 6.05. The molecule has 0 aromatic carbocycles. The number of nitrogens with zero attached hydrogens (tertiary/aromatic N) is 1. The van der Waals surface area contributed by atoms with E-state index in [2.05, 4.69) is 16.9 Å². The van der Waals surface area contributed by atoms with Gasteiger partial charge in [0, 0.05) is 11.8 Å². The van der Waals surface area contributed by atoms with Gasteiger partial charge in [-0.05, 0) is 26.0 Å². The highest BCUT2D eigenvalue weighted by Gasteiger charge is 2.06. The first-order valence-corrected chi connectivity index (χ1v) is 5.32. The summed E-state index contributed by atoms with van der Waals surface area (Å²) in [7, 11) is 0. The monoisotopic (exact) mass is 228 g/mol. The highest BCUT2D eigenvalue weighted by Crippen LogP contribution is 2.08. The minimum absolute atomic E-state index is 0.167. The summed E-state index contributed by atoms with van der Waals surface area (Å²) < 4.78 is 0. The van der Waals surface area contributed by atoms with E-state index in [1.807, 2.05) is 19.9 Å². The van der Waals surface area contributed by atoms with Crippen molar-refractivity contribution in [2.75, 3.05) is 5.32 Å². The summed E-state index contributed by atoms with van der Waals surface area (Å²) in [6.07, 6.45) is 8.35. The fourth-order valence-corrected chi connectivity index (χ4v) is 1.27. The van der Waals surface area contributed by atoms with Crippen LogP contribution < -0.4 is 5.32 Å². The summed E-state index contributed by atoms with van der Waals surface area (Å²) in [5.74, 6) is -0.167. The normalized spacial score (nSPS) is 10.6. The van der Waals surface area contributed by atoms with E-state index in [1.54, 1.807) is 36.7 Å². The van der Waals surface area contributed by atoms with Crippen LogP contribution in [0.1, 0.15) is 13.8 Å². The Kier molecular flexibility index (Phi) is 4.88. The van der Waals surface area contributed by atoms with E-state index in [0.717, 1.165) is 5.57 Å². The average molecular weight is 228 g/mol. The molecule has 0 unspecified atom stereocenters. The van der Waals surface area contributed by atoms with Gasteiger partial charge in [-0.25, -0.2) is 0 Å². The van der Waals surface area contributed by atoms with E-state index in [-0.39, 0.29) is 5.91 Å². The zero-order chi connectivity index (χ0) is 12.7. The molecule has 17 heavy (non-hydrogen) atoms. The van der Waals surface area contributed by atoms with Crippen molar-refractivity contribution in [2.45, 2.75) is 13.8 Å². The third-order valence-electron chi connectivity index (χ3n) is 1.92. The largest absolute Gasteiger partial charge is 0.321 e. The molecule has 0 saturated carbocycles. The molecule has 1 aromatic rings. The van der Waals surface area contributed by atoms with Crippen LogP contribution in [-0.4, -0.2) is 10.9 Å². The molecule has 1 aromatic heterocycles. The van der Waals surface area contributed by atoms with Crippen molar-refractivity contribution in [1.82, 2.24) is 4.98 Å². The molecule has 0 aliphatic rings. The lowest BCUT2D eigenvalue weighted by Crippen LogP contribution is -2.13. The lowest BCUT2D eigenvalue weighted by molar-refractivity contribution is -0.112. The Hall–Kier alpha value is -2.16. The molecule has 0 atom stereocenters. The van der Waals surface area contributed by atoms with Gasteiger partial charge >= 0.3 is 0 Å². The van der Waals surface area contributed by atoms with Crippen LogP contribution in [0.4, 0.5) is 5.69 Å². The number of rotatable bonds is 4.